The Hall–Kier alpha value is -1.52. The highest BCUT2D eigenvalue weighted by Crippen LogP contribution is 2.62. The summed E-state index contributed by atoms with van der Waals surface area (Å²) in [4.78, 5) is 1.03. The largest absolute Gasteiger partial charge is 0.493 e. The van der Waals surface area contributed by atoms with Crippen molar-refractivity contribution in [2.24, 2.45) is 5.92 Å². The standard InChI is InChI=1S/C18H21NO3/c1-19-8-7-18-11-4-5-13(20)17(18)22-16-14(21-2)6-3-10(15(16)18)9-12(11)19/h3-6,11-13,17,20H,7-9H2,1-2H3/t11-,12+,13?,17?,18-/m0/s1/i1D3,2D3,3D,6D,9D2,17D,20D. The number of benzene rings is 1. The molecule has 5 rings (SSSR count). The number of nitrogens with zero attached hydrogens (tertiary/aromatic N) is 1. The highest BCUT2D eigenvalue weighted by molar-refractivity contribution is 5.62. The molecule has 0 saturated carbocycles. The van der Waals surface area contributed by atoms with Crippen molar-refractivity contribution < 1.29 is 29.7 Å². The molecule has 22 heavy (non-hydrogen) atoms. The van der Waals surface area contributed by atoms with Crippen LogP contribution in [0.5, 0.6) is 11.5 Å². The number of aliphatic hydroxyl groups excluding tert-OH is 1. The van der Waals surface area contributed by atoms with Crippen LogP contribution in [0.3, 0.4) is 0 Å². The average Bonchev–Trinajstić information content (AvgIpc) is 2.95. The zero-order chi connectivity index (χ0) is 25.2. The molecule has 0 aromatic heterocycles. The Bertz CT molecular complexity index is 1100. The lowest BCUT2D eigenvalue weighted by atomic mass is 9.53. The molecule has 4 aliphatic rings. The van der Waals surface area contributed by atoms with Gasteiger partial charge >= 0.3 is 0 Å². The van der Waals surface area contributed by atoms with E-state index in [9.17, 15) is 1.37 Å². The topological polar surface area (TPSA) is 41.9 Å². The molecule has 116 valence electrons. The zero-order valence-electron chi connectivity index (χ0n) is 23.5. The lowest BCUT2D eigenvalue weighted by Gasteiger charge is -2.56. The van der Waals surface area contributed by atoms with Crippen molar-refractivity contribution in [2.45, 2.75) is 36.4 Å². The number of likely N-dealkylation sites (N-methyl/N-ethyl adjacent to an activating group) is 1. The van der Waals surface area contributed by atoms with Crippen LogP contribution in [0, 0.1) is 5.92 Å². The van der Waals surface area contributed by atoms with E-state index in [0.717, 1.165) is 4.90 Å². The molecule has 1 saturated heterocycles. The van der Waals surface area contributed by atoms with Crippen molar-refractivity contribution >= 4 is 0 Å². The Balaban J connectivity index is 1.91. The van der Waals surface area contributed by atoms with Crippen molar-refractivity contribution in [1.29, 1.82) is 1.43 Å². The summed E-state index contributed by atoms with van der Waals surface area (Å²) < 4.78 is 109. The molecule has 0 radical (unpaired) electrons. The van der Waals surface area contributed by atoms with Gasteiger partial charge in [0.05, 0.1) is 15.3 Å². The summed E-state index contributed by atoms with van der Waals surface area (Å²) in [6, 6.07) is -2.76. The predicted octanol–water partition coefficient (Wildman–Crippen LogP) is 1.50. The first kappa shape index (κ1) is 5.84. The number of methoxy groups -OCH3 is 1. The van der Waals surface area contributed by atoms with Crippen molar-refractivity contribution in [2.75, 3.05) is 20.6 Å². The van der Waals surface area contributed by atoms with Gasteiger partial charge in [0.15, 0.2) is 11.5 Å². The number of rotatable bonds is 2. The van der Waals surface area contributed by atoms with Crippen LogP contribution in [0.2, 0.25) is 0 Å². The number of aliphatic hydroxyl groups is 1. The summed E-state index contributed by atoms with van der Waals surface area (Å²) in [6.07, 6.45) is -3.05. The van der Waals surface area contributed by atoms with E-state index >= 15 is 0 Å². The molecule has 4 nitrogen and oxygen atoms in total. The first-order chi connectivity index (χ1) is 15.5. The fourth-order valence-corrected chi connectivity index (χ4v) is 4.34. The fraction of sp³-hybridized carbons (Fsp3) is 0.556. The Morgan fingerprint density at radius 2 is 2.64 bits per heavy atom. The molecule has 0 amide bonds. The lowest BCUT2D eigenvalue weighted by molar-refractivity contribution is -0.0453. The van der Waals surface area contributed by atoms with Gasteiger partial charge in [0, 0.05) is 29.8 Å². The molecule has 5 atom stereocenters. The highest BCUT2D eigenvalue weighted by atomic mass is 16.5. The van der Waals surface area contributed by atoms with Crippen molar-refractivity contribution in [3.63, 3.8) is 0 Å². The molecule has 2 bridgehead atoms. The molecular formula is C18H21NO3. The van der Waals surface area contributed by atoms with Gasteiger partial charge in [-0.1, -0.05) is 18.2 Å². The number of ether oxygens (including phenoxy) is 2. The molecule has 2 unspecified atom stereocenters. The van der Waals surface area contributed by atoms with E-state index in [1.807, 2.05) is 0 Å². The van der Waals surface area contributed by atoms with Crippen LogP contribution < -0.4 is 9.47 Å². The summed E-state index contributed by atoms with van der Waals surface area (Å²) in [7, 11) is -3.03. The fourth-order valence-electron chi connectivity index (χ4n) is 4.34. The van der Waals surface area contributed by atoms with Crippen LogP contribution in [0.1, 0.15) is 32.6 Å². The van der Waals surface area contributed by atoms with Gasteiger partial charge < -0.3 is 19.5 Å². The third-order valence-corrected chi connectivity index (χ3v) is 5.22. The van der Waals surface area contributed by atoms with E-state index in [2.05, 4.69) is 0 Å². The predicted molar refractivity (Wildman–Crippen MR) is 82.5 cm³/mol. The summed E-state index contributed by atoms with van der Waals surface area (Å²) in [5.74, 6) is -1.90. The number of hydrogen-bond donors (Lipinski definition) is 1. The molecule has 1 spiro atoms. The third-order valence-electron chi connectivity index (χ3n) is 5.22. The van der Waals surface area contributed by atoms with Crippen LogP contribution in [-0.4, -0.2) is 50.2 Å². The molecule has 2 aliphatic heterocycles. The van der Waals surface area contributed by atoms with Gasteiger partial charge in [-0.25, -0.2) is 0 Å². The number of likely N-dealkylation sites (tertiary alicyclic amines) is 1. The normalized spacial score (nSPS) is 55.7. The summed E-state index contributed by atoms with van der Waals surface area (Å²) in [5.41, 5.74) is -1.77. The maximum Gasteiger partial charge on any atom is 0.211 e. The zero-order valence-corrected chi connectivity index (χ0v) is 11.5. The van der Waals surface area contributed by atoms with Crippen molar-refractivity contribution in [3.05, 3.63) is 35.4 Å². The Kier molecular flexibility index (Phi) is 1.08. The van der Waals surface area contributed by atoms with Gasteiger partial charge in [-0.2, -0.15) is 0 Å². The molecule has 1 aromatic rings. The molecule has 1 N–H and O–H groups in total. The quantitative estimate of drug-likeness (QED) is 0.841. The molecule has 1 aromatic carbocycles. The molecule has 2 heterocycles. The monoisotopic (exact) mass is 311 g/mol. The van der Waals surface area contributed by atoms with Crippen molar-refractivity contribution in [3.8, 4) is 11.5 Å². The van der Waals surface area contributed by atoms with E-state index in [1.54, 1.807) is 0 Å². The van der Waals surface area contributed by atoms with Gasteiger partial charge in [-0.05, 0) is 37.9 Å². The van der Waals surface area contributed by atoms with Gasteiger partial charge in [-0.15, -0.1) is 0 Å². The minimum Gasteiger partial charge on any atom is -0.493 e. The number of hydrogen-bond acceptors (Lipinski definition) is 4. The smallest absolute Gasteiger partial charge is 0.211 e. The van der Waals surface area contributed by atoms with Gasteiger partial charge in [-0.3, -0.25) is 0 Å². The minimum absolute atomic E-state index is 0.0191. The second-order valence-electron chi connectivity index (χ2n) is 6.06. The van der Waals surface area contributed by atoms with E-state index in [-0.39, 0.29) is 29.8 Å². The maximum atomic E-state index is 9.31. The highest BCUT2D eigenvalue weighted by Gasteiger charge is 2.64. The summed E-state index contributed by atoms with van der Waals surface area (Å²) >= 11 is 0. The average molecular weight is 311 g/mol. The Morgan fingerprint density at radius 3 is 3.50 bits per heavy atom. The van der Waals surface area contributed by atoms with E-state index in [4.69, 9.17) is 29.7 Å². The van der Waals surface area contributed by atoms with Crippen LogP contribution in [-0.2, 0) is 11.8 Å². The van der Waals surface area contributed by atoms with Crippen LogP contribution in [0.25, 0.3) is 0 Å². The number of piperidine rings is 1. The van der Waals surface area contributed by atoms with Gasteiger partial charge in [0.1, 0.15) is 12.2 Å². The summed E-state index contributed by atoms with van der Waals surface area (Å²) in [5, 5.41) is 4.77. The van der Waals surface area contributed by atoms with Crippen LogP contribution in [0.4, 0.5) is 0 Å². The second kappa shape index (κ2) is 4.06. The first-order valence-corrected chi connectivity index (χ1v) is 7.15. The van der Waals surface area contributed by atoms with Gasteiger partial charge in [0.2, 0.25) is 1.43 Å². The molecule has 4 heteroatoms. The van der Waals surface area contributed by atoms with Crippen LogP contribution in [0.15, 0.2) is 24.2 Å². The summed E-state index contributed by atoms with van der Waals surface area (Å²) in [6.45, 7) is -2.83. The Labute approximate surface area is 147 Å². The third kappa shape index (κ3) is 1.28. The van der Waals surface area contributed by atoms with Gasteiger partial charge in [0.25, 0.3) is 0 Å². The van der Waals surface area contributed by atoms with Crippen molar-refractivity contribution in [1.82, 2.24) is 4.90 Å². The van der Waals surface area contributed by atoms with E-state index in [1.165, 1.54) is 12.2 Å². The molecule has 2 aliphatic carbocycles. The van der Waals surface area contributed by atoms with E-state index < -0.39 is 67.8 Å². The van der Waals surface area contributed by atoms with Crippen LogP contribution >= 0.6 is 0 Å². The molecular weight excluding hydrogens is 278 g/mol. The second-order valence-corrected chi connectivity index (χ2v) is 6.06. The SMILES string of the molecule is [2H]OC1C=C[C@H]2[C@@H]3N(C([2H])([2H])[2H])CC[C@@]24c2c(c(OC([2H])([2H])[2H])c([2H])c([2H])c2C3([2H])[2H])OC14[2H]. The minimum atomic E-state index is -3.03. The molecule has 1 fully saturated rings. The maximum absolute atomic E-state index is 9.31. The Morgan fingerprint density at radius 1 is 1.64 bits per heavy atom. The first-order valence-electron chi connectivity index (χ1n) is 13.1. The van der Waals surface area contributed by atoms with E-state index in [0.29, 0.717) is 0 Å². The lowest BCUT2D eigenvalue weighted by Crippen LogP contribution is -2.64.